The molecule has 2 unspecified atom stereocenters. The Kier molecular flexibility index (Phi) is 2.02. The van der Waals surface area contributed by atoms with Crippen LogP contribution in [-0.4, -0.2) is 11.1 Å². The molecular weight excluding hydrogens is 183 g/mol. The van der Waals surface area contributed by atoms with Crippen LogP contribution in [0.3, 0.4) is 0 Å². The van der Waals surface area contributed by atoms with E-state index in [2.05, 4.69) is 0 Å². The van der Waals surface area contributed by atoms with Crippen molar-refractivity contribution >= 4 is 5.97 Å². The van der Waals surface area contributed by atoms with Crippen molar-refractivity contribution < 1.29 is 14.3 Å². The lowest BCUT2D eigenvalue weighted by Crippen LogP contribution is -2.07. The summed E-state index contributed by atoms with van der Waals surface area (Å²) >= 11 is 0. The summed E-state index contributed by atoms with van der Waals surface area (Å²) in [4.78, 5) is 10.9. The first-order valence-electron chi connectivity index (χ1n) is 4.62. The molecule has 0 bridgehead atoms. The molecule has 2 rings (SSSR count). The van der Waals surface area contributed by atoms with Crippen LogP contribution in [0.2, 0.25) is 0 Å². The number of fused-ring (bicyclic) bond motifs is 1. The molecule has 0 radical (unpaired) electrons. The fourth-order valence-corrected chi connectivity index (χ4v) is 2.21. The van der Waals surface area contributed by atoms with E-state index < -0.39 is 11.9 Å². The van der Waals surface area contributed by atoms with Crippen molar-refractivity contribution in [1.29, 1.82) is 0 Å². The molecule has 0 amide bonds. The fraction of sp³-hybridized carbons (Fsp3) is 0.364. The summed E-state index contributed by atoms with van der Waals surface area (Å²) in [6, 6.07) is 4.67. The summed E-state index contributed by atoms with van der Waals surface area (Å²) in [6.07, 6.45) is 0.506. The summed E-state index contributed by atoms with van der Waals surface area (Å²) in [5.74, 6) is -1.66. The van der Waals surface area contributed by atoms with Crippen molar-refractivity contribution in [3.05, 3.63) is 35.1 Å². The molecule has 0 fully saturated rings. The summed E-state index contributed by atoms with van der Waals surface area (Å²) in [5.41, 5.74) is 1.23. The van der Waals surface area contributed by atoms with Gasteiger partial charge in [0.15, 0.2) is 0 Å². The van der Waals surface area contributed by atoms with Crippen molar-refractivity contribution in [3.63, 3.8) is 0 Å². The highest BCUT2D eigenvalue weighted by Crippen LogP contribution is 2.42. The smallest absolute Gasteiger partial charge is 0.311 e. The number of carboxylic acid groups (broad SMARTS) is 1. The monoisotopic (exact) mass is 194 g/mol. The van der Waals surface area contributed by atoms with Gasteiger partial charge in [-0.05, 0) is 29.5 Å². The zero-order chi connectivity index (χ0) is 10.3. The first kappa shape index (κ1) is 9.19. The van der Waals surface area contributed by atoms with Crippen LogP contribution in [0.25, 0.3) is 0 Å². The highest BCUT2D eigenvalue weighted by Gasteiger charge is 2.34. The molecule has 1 N–H and O–H groups in total. The minimum atomic E-state index is -0.860. The zero-order valence-corrected chi connectivity index (χ0v) is 7.83. The highest BCUT2D eigenvalue weighted by molar-refractivity contribution is 5.78. The van der Waals surface area contributed by atoms with Crippen molar-refractivity contribution in [2.75, 3.05) is 0 Å². The molecule has 2 atom stereocenters. The summed E-state index contributed by atoms with van der Waals surface area (Å²) in [6.45, 7) is 1.87. The van der Waals surface area contributed by atoms with Gasteiger partial charge in [0.25, 0.3) is 0 Å². The lowest BCUT2D eigenvalue weighted by molar-refractivity contribution is -0.138. The van der Waals surface area contributed by atoms with Gasteiger partial charge in [0, 0.05) is 0 Å². The normalized spacial score (nSPS) is 24.7. The van der Waals surface area contributed by atoms with Gasteiger partial charge in [-0.2, -0.15) is 0 Å². The Morgan fingerprint density at radius 3 is 2.93 bits per heavy atom. The van der Waals surface area contributed by atoms with E-state index in [0.717, 1.165) is 0 Å². The first-order valence-corrected chi connectivity index (χ1v) is 4.62. The van der Waals surface area contributed by atoms with Crippen LogP contribution in [0.15, 0.2) is 18.2 Å². The van der Waals surface area contributed by atoms with Crippen molar-refractivity contribution in [3.8, 4) is 0 Å². The lowest BCUT2D eigenvalue weighted by Gasteiger charge is -2.05. The van der Waals surface area contributed by atoms with E-state index in [-0.39, 0.29) is 11.7 Å². The molecule has 0 saturated carbocycles. The zero-order valence-electron chi connectivity index (χ0n) is 7.83. The minimum Gasteiger partial charge on any atom is -0.481 e. The van der Waals surface area contributed by atoms with Gasteiger partial charge in [-0.15, -0.1) is 0 Å². The first-order chi connectivity index (χ1) is 6.61. The van der Waals surface area contributed by atoms with E-state index >= 15 is 0 Å². The lowest BCUT2D eigenvalue weighted by atomic mass is 10.0. The number of rotatable bonds is 1. The fourth-order valence-electron chi connectivity index (χ4n) is 2.21. The van der Waals surface area contributed by atoms with E-state index in [1.807, 2.05) is 6.92 Å². The summed E-state index contributed by atoms with van der Waals surface area (Å²) in [7, 11) is 0. The topological polar surface area (TPSA) is 37.3 Å². The molecule has 0 saturated heterocycles. The second-order valence-electron chi connectivity index (χ2n) is 3.77. The van der Waals surface area contributed by atoms with Gasteiger partial charge >= 0.3 is 5.97 Å². The van der Waals surface area contributed by atoms with Crippen molar-refractivity contribution in [2.24, 2.45) is 0 Å². The maximum atomic E-state index is 13.4. The predicted molar refractivity (Wildman–Crippen MR) is 49.8 cm³/mol. The van der Waals surface area contributed by atoms with Crippen molar-refractivity contribution in [2.45, 2.75) is 25.2 Å². The SMILES string of the molecule is CC1CC(C(=O)O)c2cccc(F)c21. The Bertz CT molecular complexity index is 387. The number of benzene rings is 1. The van der Waals surface area contributed by atoms with Crippen LogP contribution in [0.4, 0.5) is 4.39 Å². The van der Waals surface area contributed by atoms with Crippen LogP contribution in [0.1, 0.15) is 36.3 Å². The molecule has 14 heavy (non-hydrogen) atoms. The van der Waals surface area contributed by atoms with Gasteiger partial charge < -0.3 is 5.11 Å². The van der Waals surface area contributed by atoms with Gasteiger partial charge in [0.05, 0.1) is 5.92 Å². The number of hydrogen-bond acceptors (Lipinski definition) is 1. The maximum absolute atomic E-state index is 13.4. The van der Waals surface area contributed by atoms with Crippen molar-refractivity contribution in [1.82, 2.24) is 0 Å². The Morgan fingerprint density at radius 1 is 1.57 bits per heavy atom. The Balaban J connectivity index is 2.55. The van der Waals surface area contributed by atoms with Gasteiger partial charge in [0.2, 0.25) is 0 Å². The number of hydrogen-bond donors (Lipinski definition) is 1. The van der Waals surface area contributed by atoms with Gasteiger partial charge in [-0.3, -0.25) is 4.79 Å². The van der Waals surface area contributed by atoms with Crippen LogP contribution < -0.4 is 0 Å². The average Bonchev–Trinajstić information content (AvgIpc) is 2.45. The van der Waals surface area contributed by atoms with E-state index in [0.29, 0.717) is 17.5 Å². The molecule has 2 nitrogen and oxygen atoms in total. The van der Waals surface area contributed by atoms with E-state index in [1.165, 1.54) is 6.07 Å². The third-order valence-corrected chi connectivity index (χ3v) is 2.84. The minimum absolute atomic E-state index is 0.00676. The third kappa shape index (κ3) is 1.20. The van der Waals surface area contributed by atoms with E-state index in [1.54, 1.807) is 12.1 Å². The molecule has 0 spiro atoms. The molecule has 0 heterocycles. The van der Waals surface area contributed by atoms with Gasteiger partial charge in [-0.25, -0.2) is 4.39 Å². The molecule has 1 aromatic carbocycles. The number of halogens is 1. The molecule has 1 aliphatic carbocycles. The Morgan fingerprint density at radius 2 is 2.29 bits per heavy atom. The number of carbonyl (C=O) groups is 1. The van der Waals surface area contributed by atoms with Crippen LogP contribution in [0, 0.1) is 5.82 Å². The standard InChI is InChI=1S/C11H11FO2/c1-6-5-8(11(13)14)7-3-2-4-9(12)10(6)7/h2-4,6,8H,5H2,1H3,(H,13,14). The second kappa shape index (κ2) is 3.08. The largest absolute Gasteiger partial charge is 0.481 e. The van der Waals surface area contributed by atoms with E-state index in [9.17, 15) is 9.18 Å². The highest BCUT2D eigenvalue weighted by atomic mass is 19.1. The molecular formula is C11H11FO2. The summed E-state index contributed by atoms with van der Waals surface area (Å²) < 4.78 is 13.4. The van der Waals surface area contributed by atoms with Gasteiger partial charge in [-0.1, -0.05) is 19.1 Å². The molecule has 0 aromatic heterocycles. The maximum Gasteiger partial charge on any atom is 0.311 e. The van der Waals surface area contributed by atoms with Crippen LogP contribution in [-0.2, 0) is 4.79 Å². The molecule has 74 valence electrons. The van der Waals surface area contributed by atoms with Crippen LogP contribution >= 0.6 is 0 Å². The molecule has 1 aromatic rings. The number of carboxylic acids is 1. The predicted octanol–water partition coefficient (Wildman–Crippen LogP) is 2.50. The number of aliphatic carboxylic acids is 1. The molecule has 0 aliphatic heterocycles. The Hall–Kier alpha value is -1.38. The average molecular weight is 194 g/mol. The Labute approximate surface area is 81.4 Å². The summed E-state index contributed by atoms with van der Waals surface area (Å²) in [5, 5.41) is 8.95. The van der Waals surface area contributed by atoms with Crippen LogP contribution in [0.5, 0.6) is 0 Å². The van der Waals surface area contributed by atoms with E-state index in [4.69, 9.17) is 5.11 Å². The second-order valence-corrected chi connectivity index (χ2v) is 3.77. The molecule has 1 aliphatic rings. The molecule has 3 heteroatoms. The quantitative estimate of drug-likeness (QED) is 0.745. The third-order valence-electron chi connectivity index (χ3n) is 2.84. The van der Waals surface area contributed by atoms with Gasteiger partial charge in [0.1, 0.15) is 5.82 Å².